The van der Waals surface area contributed by atoms with E-state index in [9.17, 15) is 23.5 Å². The van der Waals surface area contributed by atoms with E-state index >= 15 is 0 Å². The van der Waals surface area contributed by atoms with Crippen molar-refractivity contribution >= 4 is 11.9 Å². The normalized spacial score (nSPS) is 16.0. The maximum atomic E-state index is 12.6. The van der Waals surface area contributed by atoms with Crippen LogP contribution in [-0.2, 0) is 21.4 Å². The van der Waals surface area contributed by atoms with E-state index in [1.54, 1.807) is 17.0 Å². The van der Waals surface area contributed by atoms with Gasteiger partial charge in [0.25, 0.3) is 0 Å². The number of amides is 1. The highest BCUT2D eigenvalue weighted by atomic mass is 19.3. The lowest BCUT2D eigenvalue weighted by atomic mass is 9.73. The SMILES string of the molecule is O=C(Cc1ccc(OC(F)F)cc1)N1CCC(C(=O)O)(c2ccccc2)CC1. The van der Waals surface area contributed by atoms with Crippen LogP contribution in [0.15, 0.2) is 54.6 Å². The van der Waals surface area contributed by atoms with Crippen molar-refractivity contribution in [3.63, 3.8) is 0 Å². The molecule has 3 rings (SSSR count). The van der Waals surface area contributed by atoms with Gasteiger partial charge in [-0.2, -0.15) is 8.78 Å². The van der Waals surface area contributed by atoms with Gasteiger partial charge in [-0.1, -0.05) is 42.5 Å². The molecule has 1 saturated heterocycles. The lowest BCUT2D eigenvalue weighted by Gasteiger charge is -2.39. The van der Waals surface area contributed by atoms with Gasteiger partial charge in [0, 0.05) is 13.1 Å². The zero-order chi connectivity index (χ0) is 20.1. The Bertz CT molecular complexity index is 816. The van der Waals surface area contributed by atoms with Crippen molar-refractivity contribution in [3.8, 4) is 5.75 Å². The second-order valence-electron chi connectivity index (χ2n) is 6.83. The predicted octanol–water partition coefficient (Wildman–Crippen LogP) is 3.48. The zero-order valence-electron chi connectivity index (χ0n) is 15.2. The molecule has 0 aromatic heterocycles. The van der Waals surface area contributed by atoms with E-state index in [-0.39, 0.29) is 18.1 Å². The van der Waals surface area contributed by atoms with Gasteiger partial charge in [0.1, 0.15) is 5.75 Å². The molecule has 1 aliphatic rings. The number of nitrogens with zero attached hydrogens (tertiary/aromatic N) is 1. The third-order valence-corrected chi connectivity index (χ3v) is 5.21. The molecular formula is C21H21F2NO4. The number of aliphatic carboxylic acids is 1. The number of carboxylic acid groups (broad SMARTS) is 1. The molecule has 1 heterocycles. The quantitative estimate of drug-likeness (QED) is 0.822. The molecule has 7 heteroatoms. The topological polar surface area (TPSA) is 66.8 Å². The van der Waals surface area contributed by atoms with Gasteiger partial charge < -0.3 is 14.7 Å². The fourth-order valence-electron chi connectivity index (χ4n) is 3.60. The summed E-state index contributed by atoms with van der Waals surface area (Å²) in [7, 11) is 0. The van der Waals surface area contributed by atoms with Crippen molar-refractivity contribution in [3.05, 3.63) is 65.7 Å². The summed E-state index contributed by atoms with van der Waals surface area (Å²) < 4.78 is 28.7. The van der Waals surface area contributed by atoms with E-state index in [2.05, 4.69) is 4.74 Å². The number of ether oxygens (including phenoxy) is 1. The monoisotopic (exact) mass is 389 g/mol. The molecule has 1 N–H and O–H groups in total. The number of hydrogen-bond donors (Lipinski definition) is 1. The highest BCUT2D eigenvalue weighted by molar-refractivity contribution is 5.83. The molecule has 0 aliphatic carbocycles. The number of carbonyl (C=O) groups excluding carboxylic acids is 1. The Morgan fingerprint density at radius 2 is 1.64 bits per heavy atom. The van der Waals surface area contributed by atoms with Gasteiger partial charge in [-0.15, -0.1) is 0 Å². The second kappa shape index (κ2) is 8.37. The molecule has 2 aromatic carbocycles. The van der Waals surface area contributed by atoms with Crippen LogP contribution in [0, 0.1) is 0 Å². The Morgan fingerprint density at radius 3 is 2.18 bits per heavy atom. The van der Waals surface area contributed by atoms with Crippen molar-refractivity contribution in [2.75, 3.05) is 13.1 Å². The van der Waals surface area contributed by atoms with E-state index in [0.717, 1.165) is 5.56 Å². The lowest BCUT2D eigenvalue weighted by molar-refractivity contribution is -0.148. The minimum atomic E-state index is -2.89. The molecule has 0 bridgehead atoms. The highest BCUT2D eigenvalue weighted by Gasteiger charge is 2.43. The van der Waals surface area contributed by atoms with Crippen molar-refractivity contribution < 1.29 is 28.2 Å². The van der Waals surface area contributed by atoms with E-state index < -0.39 is 18.0 Å². The number of carbonyl (C=O) groups is 2. The van der Waals surface area contributed by atoms with Crippen LogP contribution in [0.4, 0.5) is 8.78 Å². The lowest BCUT2D eigenvalue weighted by Crippen LogP contribution is -2.49. The van der Waals surface area contributed by atoms with Gasteiger partial charge in [0.2, 0.25) is 5.91 Å². The van der Waals surface area contributed by atoms with E-state index in [1.807, 2.05) is 30.3 Å². The van der Waals surface area contributed by atoms with E-state index in [4.69, 9.17) is 0 Å². The Balaban J connectivity index is 1.62. The number of halogens is 2. The molecule has 0 saturated carbocycles. The fraction of sp³-hybridized carbons (Fsp3) is 0.333. The molecule has 0 spiro atoms. The first-order chi connectivity index (χ1) is 13.4. The number of alkyl halides is 2. The Labute approximate surface area is 161 Å². The van der Waals surface area contributed by atoms with Crippen LogP contribution in [0.3, 0.4) is 0 Å². The maximum Gasteiger partial charge on any atom is 0.387 e. The second-order valence-corrected chi connectivity index (χ2v) is 6.83. The summed E-state index contributed by atoms with van der Waals surface area (Å²) in [5.74, 6) is -0.951. The Kier molecular flexibility index (Phi) is 5.92. The van der Waals surface area contributed by atoms with E-state index in [0.29, 0.717) is 31.5 Å². The van der Waals surface area contributed by atoms with Crippen LogP contribution in [0.1, 0.15) is 24.0 Å². The zero-order valence-corrected chi connectivity index (χ0v) is 15.2. The summed E-state index contributed by atoms with van der Waals surface area (Å²) in [5, 5.41) is 9.82. The number of likely N-dealkylation sites (tertiary alicyclic amines) is 1. The smallest absolute Gasteiger partial charge is 0.387 e. The summed E-state index contributed by atoms with van der Waals surface area (Å²) in [4.78, 5) is 26.2. The van der Waals surface area contributed by atoms with Gasteiger partial charge in [-0.25, -0.2) is 0 Å². The first-order valence-corrected chi connectivity index (χ1v) is 9.01. The highest BCUT2D eigenvalue weighted by Crippen LogP contribution is 2.36. The molecule has 148 valence electrons. The number of rotatable bonds is 6. The van der Waals surface area contributed by atoms with E-state index in [1.165, 1.54) is 12.1 Å². The molecule has 0 unspecified atom stereocenters. The summed E-state index contributed by atoms with van der Waals surface area (Å²) in [6.45, 7) is -2.18. The van der Waals surface area contributed by atoms with Crippen molar-refractivity contribution in [1.29, 1.82) is 0 Å². The number of benzene rings is 2. The molecule has 2 aromatic rings. The third kappa shape index (κ3) is 4.30. The standard InChI is InChI=1S/C21H21F2NO4/c22-20(23)28-17-8-6-15(7-9-17)14-18(25)24-12-10-21(11-13-24,19(26)27)16-4-2-1-3-5-16/h1-9,20H,10-14H2,(H,26,27). The Morgan fingerprint density at radius 1 is 1.04 bits per heavy atom. The van der Waals surface area contributed by atoms with Crippen LogP contribution in [-0.4, -0.2) is 41.6 Å². The van der Waals surface area contributed by atoms with Gasteiger partial charge >= 0.3 is 12.6 Å². The summed E-state index contributed by atoms with van der Waals surface area (Å²) >= 11 is 0. The number of carboxylic acids is 1. The first kappa shape index (κ1) is 19.8. The van der Waals surface area contributed by atoms with Crippen LogP contribution in [0.5, 0.6) is 5.75 Å². The molecule has 1 fully saturated rings. The Hall–Kier alpha value is -2.96. The fourth-order valence-corrected chi connectivity index (χ4v) is 3.60. The molecule has 0 radical (unpaired) electrons. The number of hydrogen-bond acceptors (Lipinski definition) is 3. The predicted molar refractivity (Wildman–Crippen MR) is 98.3 cm³/mol. The van der Waals surface area contributed by atoms with Gasteiger partial charge in [0.15, 0.2) is 0 Å². The van der Waals surface area contributed by atoms with Crippen LogP contribution >= 0.6 is 0 Å². The largest absolute Gasteiger partial charge is 0.481 e. The minimum absolute atomic E-state index is 0.0401. The summed E-state index contributed by atoms with van der Waals surface area (Å²) in [6, 6.07) is 15.1. The maximum absolute atomic E-state index is 12.6. The molecule has 1 amide bonds. The van der Waals surface area contributed by atoms with Crippen molar-refractivity contribution in [2.45, 2.75) is 31.3 Å². The summed E-state index contributed by atoms with van der Waals surface area (Å²) in [6.07, 6.45) is 0.818. The van der Waals surface area contributed by atoms with Gasteiger partial charge in [-0.3, -0.25) is 9.59 Å². The van der Waals surface area contributed by atoms with Crippen molar-refractivity contribution in [2.24, 2.45) is 0 Å². The summed E-state index contributed by atoms with van der Waals surface area (Å²) in [5.41, 5.74) is 0.459. The average molecular weight is 389 g/mol. The van der Waals surface area contributed by atoms with Crippen LogP contribution in [0.2, 0.25) is 0 Å². The van der Waals surface area contributed by atoms with Crippen molar-refractivity contribution in [1.82, 2.24) is 4.90 Å². The minimum Gasteiger partial charge on any atom is -0.481 e. The molecular weight excluding hydrogens is 368 g/mol. The molecule has 28 heavy (non-hydrogen) atoms. The molecule has 0 atom stereocenters. The van der Waals surface area contributed by atoms with Gasteiger partial charge in [0.05, 0.1) is 11.8 Å². The average Bonchev–Trinajstić information content (AvgIpc) is 2.69. The first-order valence-electron chi connectivity index (χ1n) is 9.01. The molecule has 1 aliphatic heterocycles. The number of piperidine rings is 1. The van der Waals surface area contributed by atoms with Crippen LogP contribution < -0.4 is 4.74 Å². The third-order valence-electron chi connectivity index (χ3n) is 5.21. The van der Waals surface area contributed by atoms with Crippen LogP contribution in [0.25, 0.3) is 0 Å². The van der Waals surface area contributed by atoms with Gasteiger partial charge in [-0.05, 0) is 36.1 Å². The molecule has 5 nitrogen and oxygen atoms in total.